The molecule has 1 saturated carbocycles. The number of ether oxygens (including phenoxy) is 1. The summed E-state index contributed by atoms with van der Waals surface area (Å²) >= 11 is 6.55. The molecule has 7 heteroatoms. The Balaban J connectivity index is 1.70. The third-order valence-corrected chi connectivity index (χ3v) is 6.40. The van der Waals surface area contributed by atoms with E-state index in [1.165, 1.54) is 19.3 Å². The van der Waals surface area contributed by atoms with Crippen LogP contribution in [-0.4, -0.2) is 53.9 Å². The summed E-state index contributed by atoms with van der Waals surface area (Å²) in [6.07, 6.45) is 3.70. The number of nitrogens with zero attached hydrogens (tertiary/aromatic N) is 1. The maximum Gasteiger partial charge on any atom is 0.253 e. The molecule has 0 radical (unpaired) electrons. The number of halogens is 1. The highest BCUT2D eigenvalue weighted by Crippen LogP contribution is 2.44. The fraction of sp³-hybridized carbons (Fsp3) is 0.650. The Bertz CT molecular complexity index is 672. The smallest absolute Gasteiger partial charge is 0.253 e. The molecule has 0 spiro atoms. The molecule has 1 saturated heterocycles. The van der Waals surface area contributed by atoms with E-state index in [-0.39, 0.29) is 12.0 Å². The summed E-state index contributed by atoms with van der Waals surface area (Å²) in [5.74, 6) is 1.07. The van der Waals surface area contributed by atoms with Gasteiger partial charge in [0.1, 0.15) is 5.75 Å². The summed E-state index contributed by atoms with van der Waals surface area (Å²) in [5.41, 5.74) is 8.62. The lowest BCUT2D eigenvalue weighted by molar-refractivity contribution is -0.143. The molecule has 4 N–H and O–H groups in total. The van der Waals surface area contributed by atoms with Crippen LogP contribution < -0.4 is 10.5 Å². The van der Waals surface area contributed by atoms with Gasteiger partial charge in [-0.2, -0.15) is 0 Å². The number of piperidine rings is 1. The maximum atomic E-state index is 12.0. The summed E-state index contributed by atoms with van der Waals surface area (Å²) in [6, 6.07) is 3.76. The van der Waals surface area contributed by atoms with Crippen LogP contribution in [0.25, 0.3) is 0 Å². The van der Waals surface area contributed by atoms with Crippen molar-refractivity contribution in [2.75, 3.05) is 26.8 Å². The predicted molar refractivity (Wildman–Crippen MR) is 104 cm³/mol. The first-order chi connectivity index (χ1) is 13.0. The number of hydrogen-bond donors (Lipinski definition) is 3. The van der Waals surface area contributed by atoms with Crippen molar-refractivity contribution in [1.29, 1.82) is 0 Å². The highest BCUT2D eigenvalue weighted by atomic mass is 35.5. The number of hydrogen-bond acceptors (Lipinski definition) is 5. The van der Waals surface area contributed by atoms with Gasteiger partial charge in [0.2, 0.25) is 0 Å². The van der Waals surface area contributed by atoms with E-state index in [1.807, 2.05) is 12.1 Å². The van der Waals surface area contributed by atoms with Gasteiger partial charge in [-0.05, 0) is 55.2 Å². The molecule has 0 bridgehead atoms. The van der Waals surface area contributed by atoms with Gasteiger partial charge in [0.05, 0.1) is 13.7 Å². The van der Waals surface area contributed by atoms with Crippen molar-refractivity contribution in [1.82, 2.24) is 4.90 Å². The molecular weight excluding hydrogens is 368 g/mol. The second-order valence-corrected chi connectivity index (χ2v) is 8.04. The number of nitrogens with two attached hydrogens (primary N) is 1. The Morgan fingerprint density at radius 3 is 2.52 bits per heavy atom. The molecular formula is C20H29ClN2O4. The first-order valence-corrected chi connectivity index (χ1v) is 10.0. The van der Waals surface area contributed by atoms with Gasteiger partial charge in [-0.1, -0.05) is 18.0 Å². The van der Waals surface area contributed by atoms with E-state index < -0.39 is 18.6 Å². The van der Waals surface area contributed by atoms with Crippen molar-refractivity contribution in [3.05, 3.63) is 28.3 Å². The largest absolute Gasteiger partial charge is 0.496 e. The van der Waals surface area contributed by atoms with Gasteiger partial charge in [-0.3, -0.25) is 4.79 Å². The normalized spacial score (nSPS) is 20.9. The number of amides is 1. The Hall–Kier alpha value is -1.34. The van der Waals surface area contributed by atoms with Gasteiger partial charge < -0.3 is 25.6 Å². The third kappa shape index (κ3) is 4.24. The van der Waals surface area contributed by atoms with Crippen LogP contribution in [0, 0.1) is 5.92 Å². The van der Waals surface area contributed by atoms with E-state index >= 15 is 0 Å². The second-order valence-electron chi connectivity index (χ2n) is 7.63. The molecule has 2 aliphatic rings. The van der Waals surface area contributed by atoms with Crippen LogP contribution in [0.1, 0.15) is 55.2 Å². The molecule has 1 aromatic carbocycles. The van der Waals surface area contributed by atoms with Gasteiger partial charge >= 0.3 is 0 Å². The molecule has 1 amide bonds. The van der Waals surface area contributed by atoms with E-state index in [0.29, 0.717) is 19.0 Å². The average Bonchev–Trinajstić information content (AvgIpc) is 2.66. The average molecular weight is 397 g/mol. The molecule has 2 fully saturated rings. The van der Waals surface area contributed by atoms with Gasteiger partial charge in [0.25, 0.3) is 5.91 Å². The van der Waals surface area contributed by atoms with E-state index in [9.17, 15) is 9.90 Å². The number of methoxy groups -OCH3 is 1. The topological polar surface area (TPSA) is 96.0 Å². The quantitative estimate of drug-likeness (QED) is 0.685. The first-order valence-electron chi connectivity index (χ1n) is 9.66. The van der Waals surface area contributed by atoms with Crippen molar-refractivity contribution in [3.8, 4) is 5.75 Å². The van der Waals surface area contributed by atoms with E-state index in [0.717, 1.165) is 34.7 Å². The number of rotatable bonds is 6. The lowest BCUT2D eigenvalue weighted by Crippen LogP contribution is -2.46. The molecule has 27 heavy (non-hydrogen) atoms. The molecule has 1 aromatic rings. The van der Waals surface area contributed by atoms with Crippen molar-refractivity contribution in [2.45, 2.75) is 50.2 Å². The maximum absolute atomic E-state index is 12.0. The summed E-state index contributed by atoms with van der Waals surface area (Å²) in [6.45, 7) is 0.482. The number of carbonyl (C=O) groups is 1. The van der Waals surface area contributed by atoms with Crippen molar-refractivity contribution in [3.63, 3.8) is 0 Å². The summed E-state index contributed by atoms with van der Waals surface area (Å²) in [5, 5.41) is 19.2. The second kappa shape index (κ2) is 8.78. The summed E-state index contributed by atoms with van der Waals surface area (Å²) in [7, 11) is 1.65. The summed E-state index contributed by atoms with van der Waals surface area (Å²) in [4.78, 5) is 13.6. The van der Waals surface area contributed by atoms with Crippen LogP contribution in [0.15, 0.2) is 12.1 Å². The lowest BCUT2D eigenvalue weighted by atomic mass is 9.78. The van der Waals surface area contributed by atoms with E-state index in [4.69, 9.17) is 27.2 Å². The minimum absolute atomic E-state index is 0.194. The molecule has 1 aliphatic heterocycles. The Labute approximate surface area is 165 Å². The van der Waals surface area contributed by atoms with E-state index in [1.54, 1.807) is 12.0 Å². The van der Waals surface area contributed by atoms with Gasteiger partial charge in [0.15, 0.2) is 6.10 Å². The van der Waals surface area contributed by atoms with Crippen LogP contribution in [0.2, 0.25) is 5.02 Å². The minimum Gasteiger partial charge on any atom is -0.496 e. The van der Waals surface area contributed by atoms with Crippen LogP contribution in [0.4, 0.5) is 0 Å². The fourth-order valence-corrected chi connectivity index (χ4v) is 4.40. The van der Waals surface area contributed by atoms with Crippen molar-refractivity contribution >= 4 is 17.5 Å². The fourth-order valence-electron chi connectivity index (χ4n) is 4.08. The van der Waals surface area contributed by atoms with Crippen LogP contribution in [0.5, 0.6) is 5.75 Å². The monoisotopic (exact) mass is 396 g/mol. The molecule has 2 atom stereocenters. The number of aliphatic hydroxyl groups is 2. The number of carbonyl (C=O) groups excluding carboxylic acids is 1. The van der Waals surface area contributed by atoms with E-state index in [2.05, 4.69) is 0 Å². The zero-order chi connectivity index (χ0) is 19.6. The predicted octanol–water partition coefficient (Wildman–Crippen LogP) is 2.21. The van der Waals surface area contributed by atoms with Gasteiger partial charge in [-0.25, -0.2) is 0 Å². The summed E-state index contributed by atoms with van der Waals surface area (Å²) < 4.78 is 5.61. The Kier molecular flexibility index (Phi) is 6.63. The molecule has 6 nitrogen and oxygen atoms in total. The molecule has 150 valence electrons. The zero-order valence-electron chi connectivity index (χ0n) is 15.7. The first kappa shape index (κ1) is 20.4. The Morgan fingerprint density at radius 2 is 2.00 bits per heavy atom. The SMILES string of the molecule is COc1cc(C2CCC2)c(Cl)cc1[C@H](N)C1CCN(C(=O)[C@H](O)CO)CC1. The molecule has 0 unspecified atom stereocenters. The van der Waals surface area contributed by atoms with Gasteiger partial charge in [-0.15, -0.1) is 0 Å². The Morgan fingerprint density at radius 1 is 1.33 bits per heavy atom. The van der Waals surface area contributed by atoms with Crippen LogP contribution >= 0.6 is 11.6 Å². The highest BCUT2D eigenvalue weighted by molar-refractivity contribution is 6.31. The molecule has 1 aliphatic carbocycles. The molecule has 1 heterocycles. The zero-order valence-corrected chi connectivity index (χ0v) is 16.5. The number of likely N-dealkylation sites (tertiary alicyclic amines) is 1. The van der Waals surface area contributed by atoms with Crippen molar-refractivity contribution in [2.24, 2.45) is 11.7 Å². The third-order valence-electron chi connectivity index (χ3n) is 6.07. The lowest BCUT2D eigenvalue weighted by Gasteiger charge is -2.36. The minimum atomic E-state index is -1.34. The van der Waals surface area contributed by atoms with Crippen molar-refractivity contribution < 1.29 is 19.7 Å². The highest BCUT2D eigenvalue weighted by Gasteiger charge is 2.32. The molecule has 0 aromatic heterocycles. The number of benzene rings is 1. The van der Waals surface area contributed by atoms with Gasteiger partial charge in [0, 0.05) is 29.7 Å². The molecule has 3 rings (SSSR count). The van der Waals surface area contributed by atoms with Crippen LogP contribution in [-0.2, 0) is 4.79 Å². The van der Waals surface area contributed by atoms with Crippen LogP contribution in [0.3, 0.4) is 0 Å². The standard InChI is InChI=1S/C20H29ClN2O4/c1-27-18-10-14(12-3-2-4-12)16(21)9-15(18)19(22)13-5-7-23(8-6-13)20(26)17(25)11-24/h9-10,12-13,17,19,24-25H,2-8,11,22H2,1H3/t17-,19-/m1/s1. The number of aliphatic hydroxyl groups excluding tert-OH is 2.